The van der Waals surface area contributed by atoms with Gasteiger partial charge in [-0.2, -0.15) is 0 Å². The van der Waals surface area contributed by atoms with Gasteiger partial charge in [0.15, 0.2) is 5.82 Å². The van der Waals surface area contributed by atoms with Crippen molar-refractivity contribution in [1.29, 1.82) is 0 Å². The van der Waals surface area contributed by atoms with Crippen LogP contribution in [0.5, 0.6) is 0 Å². The fourth-order valence-electron chi connectivity index (χ4n) is 1.62. The van der Waals surface area contributed by atoms with Crippen molar-refractivity contribution in [1.82, 2.24) is 14.8 Å². The van der Waals surface area contributed by atoms with Gasteiger partial charge in [-0.25, -0.2) is 13.6 Å². The number of hydrogen-bond donors (Lipinski definition) is 1. The van der Waals surface area contributed by atoms with Crippen molar-refractivity contribution in [3.8, 4) is 11.4 Å². The zero-order valence-corrected chi connectivity index (χ0v) is 10.3. The number of primary sulfonamides is 1. The van der Waals surface area contributed by atoms with Crippen LogP contribution in [-0.2, 0) is 17.1 Å². The Morgan fingerprint density at radius 3 is 2.41 bits per heavy atom. The van der Waals surface area contributed by atoms with E-state index in [0.29, 0.717) is 5.82 Å². The van der Waals surface area contributed by atoms with E-state index in [2.05, 4.69) is 10.2 Å². The molecule has 0 saturated carbocycles. The molecule has 1 aromatic carbocycles. The largest absolute Gasteiger partial charge is 0.300 e. The third-order valence-corrected chi connectivity index (χ3v) is 3.34. The fourth-order valence-corrected chi connectivity index (χ4v) is 2.24. The second-order valence-corrected chi connectivity index (χ2v) is 5.18. The first-order valence-corrected chi connectivity index (χ1v) is 6.44. The fraction of sp³-hybridized carbons (Fsp3) is 0.200. The lowest BCUT2D eigenvalue weighted by molar-refractivity contribution is 0.580. The molecule has 2 aromatic rings. The highest BCUT2D eigenvalue weighted by atomic mass is 32.2. The van der Waals surface area contributed by atoms with Crippen LogP contribution in [0.4, 0.5) is 0 Å². The minimum atomic E-state index is -3.84. The maximum absolute atomic E-state index is 11.2. The molecule has 6 nitrogen and oxygen atoms in total. The Kier molecular flexibility index (Phi) is 2.72. The van der Waals surface area contributed by atoms with Gasteiger partial charge >= 0.3 is 0 Å². The summed E-state index contributed by atoms with van der Waals surface area (Å²) in [5, 5.41) is 12.3. The predicted molar refractivity (Wildman–Crippen MR) is 62.5 cm³/mol. The minimum absolute atomic E-state index is 0.240. The molecule has 1 heterocycles. The molecular weight excluding hydrogens is 240 g/mol. The number of nitrogens with two attached hydrogens (primary N) is 1. The quantitative estimate of drug-likeness (QED) is 0.839. The Bertz CT molecular complexity index is 661. The van der Waals surface area contributed by atoms with E-state index in [0.717, 1.165) is 11.1 Å². The molecule has 7 heteroatoms. The summed E-state index contributed by atoms with van der Waals surface area (Å²) in [4.78, 5) is 0. The van der Waals surface area contributed by atoms with Crippen molar-refractivity contribution in [3.63, 3.8) is 0 Å². The van der Waals surface area contributed by atoms with Gasteiger partial charge in [-0.1, -0.05) is 24.3 Å². The van der Waals surface area contributed by atoms with Crippen LogP contribution < -0.4 is 5.14 Å². The van der Waals surface area contributed by atoms with E-state index in [4.69, 9.17) is 5.14 Å². The molecule has 0 fully saturated rings. The highest BCUT2D eigenvalue weighted by Crippen LogP contribution is 2.21. The molecule has 1 aromatic heterocycles. The van der Waals surface area contributed by atoms with E-state index in [9.17, 15) is 8.42 Å². The Balaban J connectivity index is 2.64. The lowest BCUT2D eigenvalue weighted by atomic mass is 10.1. The van der Waals surface area contributed by atoms with Gasteiger partial charge in [0.1, 0.15) is 0 Å². The Labute approximate surface area is 99.1 Å². The van der Waals surface area contributed by atoms with E-state index in [1.54, 1.807) is 7.05 Å². The number of rotatable bonds is 2. The highest BCUT2D eigenvalue weighted by molar-refractivity contribution is 7.89. The summed E-state index contributed by atoms with van der Waals surface area (Å²) >= 11 is 0. The molecule has 0 spiro atoms. The zero-order chi connectivity index (χ0) is 12.6. The summed E-state index contributed by atoms with van der Waals surface area (Å²) in [5.41, 5.74) is 1.82. The topological polar surface area (TPSA) is 90.9 Å². The molecule has 0 aliphatic heterocycles. The smallest absolute Gasteiger partial charge is 0.273 e. The Morgan fingerprint density at radius 2 is 1.88 bits per heavy atom. The molecule has 0 amide bonds. The van der Waals surface area contributed by atoms with Gasteiger partial charge in [0, 0.05) is 12.6 Å². The summed E-state index contributed by atoms with van der Waals surface area (Å²) < 4.78 is 23.8. The maximum atomic E-state index is 11.2. The minimum Gasteiger partial charge on any atom is -0.300 e. The zero-order valence-electron chi connectivity index (χ0n) is 9.45. The first-order chi connectivity index (χ1) is 7.91. The van der Waals surface area contributed by atoms with Gasteiger partial charge < -0.3 is 0 Å². The van der Waals surface area contributed by atoms with E-state index >= 15 is 0 Å². The van der Waals surface area contributed by atoms with Crippen LogP contribution >= 0.6 is 0 Å². The third-order valence-electron chi connectivity index (χ3n) is 2.48. The molecule has 0 saturated heterocycles. The standard InChI is InChI=1S/C10H12N4O2S/c1-7-5-3-4-6-8(7)9-12-13-10(14(9)2)17(11,15)16/h3-6H,1-2H3,(H2,11,15,16). The molecule has 2 rings (SSSR count). The second kappa shape index (κ2) is 3.94. The van der Waals surface area contributed by atoms with Crippen LogP contribution in [0, 0.1) is 6.92 Å². The lowest BCUT2D eigenvalue weighted by Gasteiger charge is -2.05. The van der Waals surface area contributed by atoms with Gasteiger partial charge in [-0.05, 0) is 12.5 Å². The number of nitrogens with zero attached hydrogens (tertiary/aromatic N) is 3. The van der Waals surface area contributed by atoms with Crippen LogP contribution in [0.25, 0.3) is 11.4 Å². The molecule has 17 heavy (non-hydrogen) atoms. The van der Waals surface area contributed by atoms with Crippen LogP contribution in [0.1, 0.15) is 5.56 Å². The monoisotopic (exact) mass is 252 g/mol. The number of aryl methyl sites for hydroxylation is 1. The second-order valence-electron chi connectivity index (χ2n) is 3.73. The first kappa shape index (κ1) is 11.7. The van der Waals surface area contributed by atoms with Crippen molar-refractivity contribution in [2.45, 2.75) is 12.1 Å². The van der Waals surface area contributed by atoms with Crippen molar-refractivity contribution in [2.24, 2.45) is 12.2 Å². The van der Waals surface area contributed by atoms with Gasteiger partial charge in [0.25, 0.3) is 15.2 Å². The normalized spacial score (nSPS) is 11.7. The molecule has 0 aliphatic rings. The molecule has 0 aliphatic carbocycles. The lowest BCUT2D eigenvalue weighted by Crippen LogP contribution is -2.17. The summed E-state index contributed by atoms with van der Waals surface area (Å²) in [6, 6.07) is 7.52. The number of hydrogen-bond acceptors (Lipinski definition) is 4. The molecule has 90 valence electrons. The molecule has 2 N–H and O–H groups in total. The predicted octanol–water partition coefficient (Wildman–Crippen LogP) is 0.438. The molecule has 0 bridgehead atoms. The number of sulfonamides is 1. The van der Waals surface area contributed by atoms with E-state index < -0.39 is 10.0 Å². The summed E-state index contributed by atoms with van der Waals surface area (Å²) in [5.74, 6) is 0.479. The van der Waals surface area contributed by atoms with Crippen LogP contribution in [0.15, 0.2) is 29.4 Å². The average molecular weight is 252 g/mol. The van der Waals surface area contributed by atoms with E-state index in [-0.39, 0.29) is 5.16 Å². The average Bonchev–Trinajstić information content (AvgIpc) is 2.60. The molecular formula is C10H12N4O2S. The Hall–Kier alpha value is -1.73. The summed E-state index contributed by atoms with van der Waals surface area (Å²) in [6.45, 7) is 1.92. The highest BCUT2D eigenvalue weighted by Gasteiger charge is 2.19. The molecule has 0 atom stereocenters. The van der Waals surface area contributed by atoms with Crippen molar-refractivity contribution < 1.29 is 8.42 Å². The molecule has 0 radical (unpaired) electrons. The van der Waals surface area contributed by atoms with Gasteiger partial charge in [-0.3, -0.25) is 4.57 Å². The van der Waals surface area contributed by atoms with Crippen molar-refractivity contribution in [3.05, 3.63) is 29.8 Å². The van der Waals surface area contributed by atoms with Gasteiger partial charge in [0.2, 0.25) is 0 Å². The molecule has 0 unspecified atom stereocenters. The van der Waals surface area contributed by atoms with E-state index in [1.807, 2.05) is 31.2 Å². The number of benzene rings is 1. The van der Waals surface area contributed by atoms with Crippen LogP contribution in [0.3, 0.4) is 0 Å². The first-order valence-electron chi connectivity index (χ1n) is 4.89. The Morgan fingerprint density at radius 1 is 1.24 bits per heavy atom. The van der Waals surface area contributed by atoms with Crippen molar-refractivity contribution in [2.75, 3.05) is 0 Å². The van der Waals surface area contributed by atoms with Gasteiger partial charge in [-0.15, -0.1) is 10.2 Å². The maximum Gasteiger partial charge on any atom is 0.273 e. The third kappa shape index (κ3) is 2.06. The summed E-state index contributed by atoms with van der Waals surface area (Å²) in [7, 11) is -2.27. The van der Waals surface area contributed by atoms with Crippen molar-refractivity contribution >= 4 is 10.0 Å². The van der Waals surface area contributed by atoms with E-state index in [1.165, 1.54) is 4.57 Å². The van der Waals surface area contributed by atoms with Gasteiger partial charge in [0.05, 0.1) is 0 Å². The summed E-state index contributed by atoms with van der Waals surface area (Å²) in [6.07, 6.45) is 0. The van der Waals surface area contributed by atoms with Crippen LogP contribution in [-0.4, -0.2) is 23.2 Å². The SMILES string of the molecule is Cc1ccccc1-c1nnc(S(N)(=O)=O)n1C. The number of aromatic nitrogens is 3. The van der Waals surface area contributed by atoms with Crippen LogP contribution in [0.2, 0.25) is 0 Å².